The van der Waals surface area contributed by atoms with E-state index in [4.69, 9.17) is 8.83 Å². The number of rotatable bonds is 5. The molecule has 2 aromatic carbocycles. The SMILES string of the molecule is O=c1cc(CSc2nc3ccccc3o2)nc(Nc2nc3ccccc3o2)[nH]1. The maximum atomic E-state index is 12.0. The molecule has 5 rings (SSSR count). The summed E-state index contributed by atoms with van der Waals surface area (Å²) in [6, 6.07) is 16.6. The molecule has 8 nitrogen and oxygen atoms in total. The summed E-state index contributed by atoms with van der Waals surface area (Å²) < 4.78 is 11.3. The second-order valence-corrected chi connectivity index (χ2v) is 6.86. The molecule has 9 heteroatoms. The Balaban J connectivity index is 1.35. The molecule has 0 aliphatic carbocycles. The molecule has 138 valence electrons. The van der Waals surface area contributed by atoms with Crippen LogP contribution in [-0.2, 0) is 5.75 Å². The van der Waals surface area contributed by atoms with Gasteiger partial charge in [-0.1, -0.05) is 36.0 Å². The first kappa shape index (κ1) is 16.6. The van der Waals surface area contributed by atoms with Crippen molar-refractivity contribution in [1.29, 1.82) is 0 Å². The molecule has 0 aliphatic heterocycles. The molecule has 2 N–H and O–H groups in total. The maximum Gasteiger partial charge on any atom is 0.302 e. The molecule has 0 bridgehead atoms. The number of aromatic amines is 1. The van der Waals surface area contributed by atoms with Crippen LogP contribution in [0.15, 0.2) is 73.4 Å². The van der Waals surface area contributed by atoms with Gasteiger partial charge in [-0.05, 0) is 24.3 Å². The monoisotopic (exact) mass is 391 g/mol. The highest BCUT2D eigenvalue weighted by molar-refractivity contribution is 7.98. The third kappa shape index (κ3) is 3.35. The second-order valence-electron chi connectivity index (χ2n) is 5.93. The van der Waals surface area contributed by atoms with E-state index in [-0.39, 0.29) is 17.5 Å². The lowest BCUT2D eigenvalue weighted by Gasteiger charge is -2.03. The van der Waals surface area contributed by atoms with Crippen LogP contribution in [0.3, 0.4) is 0 Å². The van der Waals surface area contributed by atoms with E-state index in [9.17, 15) is 4.79 Å². The largest absolute Gasteiger partial charge is 0.431 e. The molecule has 28 heavy (non-hydrogen) atoms. The van der Waals surface area contributed by atoms with Crippen LogP contribution < -0.4 is 10.9 Å². The van der Waals surface area contributed by atoms with Gasteiger partial charge in [-0.15, -0.1) is 0 Å². The minimum atomic E-state index is -0.276. The first-order valence-corrected chi connectivity index (χ1v) is 9.43. The lowest BCUT2D eigenvalue weighted by atomic mass is 10.3. The number of fused-ring (bicyclic) bond motifs is 2. The average Bonchev–Trinajstić information content (AvgIpc) is 3.28. The van der Waals surface area contributed by atoms with Crippen LogP contribution in [-0.4, -0.2) is 19.9 Å². The Morgan fingerprint density at radius 3 is 2.39 bits per heavy atom. The van der Waals surface area contributed by atoms with Gasteiger partial charge in [-0.25, -0.2) is 9.97 Å². The van der Waals surface area contributed by atoms with Crippen molar-refractivity contribution in [3.05, 3.63) is 70.6 Å². The van der Waals surface area contributed by atoms with Gasteiger partial charge in [0.15, 0.2) is 11.2 Å². The first-order chi connectivity index (χ1) is 13.7. The molecule has 0 aliphatic rings. The lowest BCUT2D eigenvalue weighted by Crippen LogP contribution is -2.11. The topological polar surface area (TPSA) is 110 Å². The van der Waals surface area contributed by atoms with Gasteiger partial charge in [0, 0.05) is 11.8 Å². The van der Waals surface area contributed by atoms with Crippen LogP contribution in [0.25, 0.3) is 22.2 Å². The third-order valence-electron chi connectivity index (χ3n) is 3.93. The highest BCUT2D eigenvalue weighted by Gasteiger charge is 2.10. The van der Waals surface area contributed by atoms with Crippen LogP contribution in [0, 0.1) is 0 Å². The lowest BCUT2D eigenvalue weighted by molar-refractivity contribution is 0.489. The Morgan fingerprint density at radius 1 is 0.929 bits per heavy atom. The molecular formula is C19H13N5O3S. The van der Waals surface area contributed by atoms with Crippen molar-refractivity contribution in [3.63, 3.8) is 0 Å². The Morgan fingerprint density at radius 2 is 1.64 bits per heavy atom. The van der Waals surface area contributed by atoms with Crippen molar-refractivity contribution < 1.29 is 8.83 Å². The van der Waals surface area contributed by atoms with E-state index in [0.717, 1.165) is 16.6 Å². The van der Waals surface area contributed by atoms with Gasteiger partial charge >= 0.3 is 6.01 Å². The zero-order valence-corrected chi connectivity index (χ0v) is 15.2. The number of benzene rings is 2. The van der Waals surface area contributed by atoms with E-state index < -0.39 is 0 Å². The summed E-state index contributed by atoms with van der Waals surface area (Å²) in [5.74, 6) is 0.686. The quantitative estimate of drug-likeness (QED) is 0.431. The minimum Gasteiger partial charge on any atom is -0.431 e. The van der Waals surface area contributed by atoms with E-state index >= 15 is 0 Å². The van der Waals surface area contributed by atoms with Gasteiger partial charge < -0.3 is 8.83 Å². The Hall–Kier alpha value is -3.59. The summed E-state index contributed by atoms with van der Waals surface area (Å²) in [7, 11) is 0. The molecule has 3 aromatic heterocycles. The normalized spacial score (nSPS) is 11.3. The number of oxazole rings is 2. The van der Waals surface area contributed by atoms with Crippen LogP contribution in [0.5, 0.6) is 0 Å². The molecule has 0 atom stereocenters. The maximum absolute atomic E-state index is 12.0. The van der Waals surface area contributed by atoms with E-state index in [1.165, 1.54) is 17.8 Å². The number of hydrogen-bond donors (Lipinski definition) is 2. The third-order valence-corrected chi connectivity index (χ3v) is 4.79. The number of hydrogen-bond acceptors (Lipinski definition) is 8. The Bertz CT molecular complexity index is 1270. The van der Waals surface area contributed by atoms with Crippen LogP contribution in [0.1, 0.15) is 5.69 Å². The summed E-state index contributed by atoms with van der Waals surface area (Å²) >= 11 is 1.37. The average molecular weight is 391 g/mol. The molecule has 0 fully saturated rings. The number of anilines is 2. The molecule has 0 radical (unpaired) electrons. The molecule has 0 saturated heterocycles. The summed E-state index contributed by atoms with van der Waals surface area (Å²) in [6.07, 6.45) is 0. The molecule has 0 amide bonds. The standard InChI is InChI=1S/C19H13N5O3S/c25-16-9-11(10-28-19-22-13-6-2-4-8-15(13)27-19)20-17(23-16)24-18-21-12-5-1-3-7-14(12)26-18/h1-9H,10H2,(H2,20,21,23,24,25). The Labute approximate surface area is 162 Å². The number of thioether (sulfide) groups is 1. The fourth-order valence-electron chi connectivity index (χ4n) is 2.72. The molecule has 3 heterocycles. The van der Waals surface area contributed by atoms with Crippen molar-refractivity contribution in [2.45, 2.75) is 11.0 Å². The predicted molar refractivity (Wildman–Crippen MR) is 106 cm³/mol. The van der Waals surface area contributed by atoms with Gasteiger partial charge in [0.05, 0.1) is 5.69 Å². The summed E-state index contributed by atoms with van der Waals surface area (Å²) in [6.45, 7) is 0. The van der Waals surface area contributed by atoms with Crippen LogP contribution in [0.4, 0.5) is 12.0 Å². The van der Waals surface area contributed by atoms with Crippen molar-refractivity contribution >= 4 is 45.9 Å². The summed E-state index contributed by atoms with van der Waals surface area (Å²) in [4.78, 5) is 27.8. The highest BCUT2D eigenvalue weighted by Crippen LogP contribution is 2.26. The highest BCUT2D eigenvalue weighted by atomic mass is 32.2. The smallest absolute Gasteiger partial charge is 0.302 e. The van der Waals surface area contributed by atoms with Gasteiger partial charge in [-0.3, -0.25) is 15.1 Å². The van der Waals surface area contributed by atoms with Crippen LogP contribution in [0.2, 0.25) is 0 Å². The van der Waals surface area contributed by atoms with Gasteiger partial charge in [0.1, 0.15) is 11.0 Å². The van der Waals surface area contributed by atoms with E-state index in [1.807, 2.05) is 48.5 Å². The predicted octanol–water partition coefficient (Wildman–Crippen LogP) is 4.09. The number of nitrogens with zero attached hydrogens (tertiary/aromatic N) is 3. The zero-order valence-electron chi connectivity index (χ0n) is 14.4. The number of aromatic nitrogens is 4. The van der Waals surface area contributed by atoms with Crippen molar-refractivity contribution in [3.8, 4) is 0 Å². The van der Waals surface area contributed by atoms with E-state index in [0.29, 0.717) is 22.3 Å². The fraction of sp³-hybridized carbons (Fsp3) is 0.0526. The number of nitrogens with one attached hydrogen (secondary N) is 2. The molecule has 0 unspecified atom stereocenters. The Kier molecular flexibility index (Phi) is 4.06. The first-order valence-electron chi connectivity index (χ1n) is 8.44. The van der Waals surface area contributed by atoms with Crippen molar-refractivity contribution in [2.24, 2.45) is 0 Å². The zero-order chi connectivity index (χ0) is 18.9. The summed E-state index contributed by atoms with van der Waals surface area (Å²) in [5, 5.41) is 3.43. The minimum absolute atomic E-state index is 0.257. The van der Waals surface area contributed by atoms with Gasteiger partial charge in [0.2, 0.25) is 5.95 Å². The summed E-state index contributed by atoms with van der Waals surface area (Å²) in [5.41, 5.74) is 3.19. The van der Waals surface area contributed by atoms with Gasteiger partial charge in [0.25, 0.3) is 10.8 Å². The van der Waals surface area contributed by atoms with E-state index in [2.05, 4.69) is 25.3 Å². The molecule has 5 aromatic rings. The molecule has 0 spiro atoms. The van der Waals surface area contributed by atoms with Crippen molar-refractivity contribution in [1.82, 2.24) is 19.9 Å². The molecule has 0 saturated carbocycles. The van der Waals surface area contributed by atoms with Gasteiger partial charge in [-0.2, -0.15) is 4.98 Å². The molecular weight excluding hydrogens is 378 g/mol. The second kappa shape index (κ2) is 6.86. The van der Waals surface area contributed by atoms with Crippen LogP contribution >= 0.6 is 11.8 Å². The number of para-hydroxylation sites is 4. The number of H-pyrrole nitrogens is 1. The fourth-order valence-corrected chi connectivity index (χ4v) is 3.45. The van der Waals surface area contributed by atoms with E-state index in [1.54, 1.807) is 0 Å². The van der Waals surface area contributed by atoms with Crippen molar-refractivity contribution in [2.75, 3.05) is 5.32 Å².